The minimum Gasteiger partial charge on any atom is -0.360 e. The maximum absolute atomic E-state index is 11.3. The van der Waals surface area contributed by atoms with Crippen molar-refractivity contribution in [2.45, 2.75) is 39.2 Å². The van der Waals surface area contributed by atoms with Crippen molar-refractivity contribution in [2.75, 3.05) is 20.1 Å². The quantitative estimate of drug-likeness (QED) is 0.869. The molecule has 0 aromatic carbocycles. The molecule has 1 fully saturated rings. The van der Waals surface area contributed by atoms with E-state index in [1.165, 1.54) is 12.8 Å². The Labute approximate surface area is 126 Å². The van der Waals surface area contributed by atoms with Crippen LogP contribution in [0.2, 0.25) is 0 Å². The summed E-state index contributed by atoms with van der Waals surface area (Å²) in [4.78, 5) is 17.0. The van der Waals surface area contributed by atoms with Gasteiger partial charge in [-0.25, -0.2) is 0 Å². The van der Waals surface area contributed by atoms with Crippen LogP contribution in [0.3, 0.4) is 0 Å². The summed E-state index contributed by atoms with van der Waals surface area (Å²) in [6.45, 7) is 4.93. The molecule has 21 heavy (non-hydrogen) atoms. The number of hydrogen-bond acceptors (Lipinski definition) is 3. The van der Waals surface area contributed by atoms with Crippen LogP contribution < -0.4 is 5.32 Å². The molecule has 2 rings (SSSR count). The second kappa shape index (κ2) is 7.28. The largest absolute Gasteiger partial charge is 0.360 e. The fraction of sp³-hybridized carbons (Fsp3) is 0.625. The monoisotopic (exact) mass is 288 g/mol. The zero-order valence-corrected chi connectivity index (χ0v) is 12.9. The summed E-state index contributed by atoms with van der Waals surface area (Å²) in [5, 5.41) is 11.7. The summed E-state index contributed by atoms with van der Waals surface area (Å²) in [6, 6.07) is 4.15. The average molecular weight is 288 g/mol. The van der Waals surface area contributed by atoms with Crippen molar-refractivity contribution in [3.05, 3.63) is 23.0 Å². The highest BCUT2D eigenvalue weighted by molar-refractivity contribution is 5.75. The van der Waals surface area contributed by atoms with E-state index in [-0.39, 0.29) is 5.91 Å². The van der Waals surface area contributed by atoms with E-state index in [4.69, 9.17) is 5.26 Å². The van der Waals surface area contributed by atoms with Crippen LogP contribution in [0.1, 0.15) is 42.6 Å². The number of nitriles is 1. The number of carbonyl (C=O) groups is 1. The molecular formula is C16H24N4O. The average Bonchev–Trinajstić information content (AvgIpc) is 2.84. The molecule has 1 aliphatic rings. The van der Waals surface area contributed by atoms with Crippen molar-refractivity contribution in [3.8, 4) is 6.07 Å². The molecule has 1 aromatic rings. The van der Waals surface area contributed by atoms with Crippen molar-refractivity contribution in [3.63, 3.8) is 0 Å². The van der Waals surface area contributed by atoms with Crippen molar-refractivity contribution in [2.24, 2.45) is 5.92 Å². The molecule has 5 heteroatoms. The maximum atomic E-state index is 11.3. The van der Waals surface area contributed by atoms with Gasteiger partial charge in [0.1, 0.15) is 6.07 Å². The van der Waals surface area contributed by atoms with Crippen molar-refractivity contribution >= 4 is 5.91 Å². The summed E-state index contributed by atoms with van der Waals surface area (Å²) in [6.07, 6.45) is 3.97. The highest BCUT2D eigenvalue weighted by Crippen LogP contribution is 2.22. The molecule has 0 unspecified atom stereocenters. The predicted molar refractivity (Wildman–Crippen MR) is 81.5 cm³/mol. The van der Waals surface area contributed by atoms with E-state index >= 15 is 0 Å². The maximum Gasteiger partial charge on any atom is 0.219 e. The predicted octanol–water partition coefficient (Wildman–Crippen LogP) is 1.93. The summed E-state index contributed by atoms with van der Waals surface area (Å²) >= 11 is 0. The number of likely N-dealkylation sites (tertiary alicyclic amines) is 1. The van der Waals surface area contributed by atoms with E-state index < -0.39 is 0 Å². The van der Waals surface area contributed by atoms with Crippen molar-refractivity contribution in [1.82, 2.24) is 15.2 Å². The van der Waals surface area contributed by atoms with E-state index in [1.807, 2.05) is 13.0 Å². The number of piperidine rings is 1. The summed E-state index contributed by atoms with van der Waals surface area (Å²) in [5.74, 6) is 0.730. The number of aromatic nitrogens is 1. The van der Waals surface area contributed by atoms with Gasteiger partial charge in [-0.1, -0.05) is 0 Å². The lowest BCUT2D eigenvalue weighted by atomic mass is 9.93. The molecule has 5 nitrogen and oxygen atoms in total. The van der Waals surface area contributed by atoms with Crippen LogP contribution >= 0.6 is 0 Å². The van der Waals surface area contributed by atoms with Crippen molar-refractivity contribution < 1.29 is 4.79 Å². The van der Waals surface area contributed by atoms with Crippen LogP contribution in [-0.4, -0.2) is 35.9 Å². The number of amides is 1. The first-order valence-corrected chi connectivity index (χ1v) is 7.64. The van der Waals surface area contributed by atoms with Gasteiger partial charge in [0.2, 0.25) is 5.91 Å². The Morgan fingerprint density at radius 1 is 1.62 bits per heavy atom. The van der Waals surface area contributed by atoms with E-state index in [9.17, 15) is 4.79 Å². The lowest BCUT2D eigenvalue weighted by Gasteiger charge is -2.32. The first-order chi connectivity index (χ1) is 10.1. The highest BCUT2D eigenvalue weighted by atomic mass is 16.1. The van der Waals surface area contributed by atoms with Gasteiger partial charge in [0.25, 0.3) is 0 Å². The van der Waals surface area contributed by atoms with E-state index in [0.717, 1.165) is 43.0 Å². The molecule has 0 spiro atoms. The molecule has 1 amide bonds. The second-order valence-electron chi connectivity index (χ2n) is 5.90. The lowest BCUT2D eigenvalue weighted by Crippen LogP contribution is -2.35. The highest BCUT2D eigenvalue weighted by Gasteiger charge is 2.21. The van der Waals surface area contributed by atoms with Crippen LogP contribution in [0.15, 0.2) is 6.07 Å². The van der Waals surface area contributed by atoms with Crippen LogP contribution in [0, 0.1) is 24.2 Å². The first-order valence-electron chi connectivity index (χ1n) is 7.64. The molecular weight excluding hydrogens is 264 g/mol. The summed E-state index contributed by atoms with van der Waals surface area (Å²) in [5.41, 5.74) is 2.79. The van der Waals surface area contributed by atoms with Crippen molar-refractivity contribution in [1.29, 1.82) is 5.26 Å². The molecule has 2 heterocycles. The van der Waals surface area contributed by atoms with Gasteiger partial charge < -0.3 is 10.3 Å². The number of carbonyl (C=O) groups excluding carboxylic acids is 1. The van der Waals surface area contributed by atoms with Gasteiger partial charge in [-0.15, -0.1) is 0 Å². The number of H-pyrrole nitrogens is 1. The SMILES string of the molecule is CNC(=O)CC[C@@H]1CCCN(Cc2cc(C#N)c(C)[nH]2)C1. The van der Waals surface area contributed by atoms with Gasteiger partial charge in [0.05, 0.1) is 5.56 Å². The molecule has 1 saturated heterocycles. The van der Waals surface area contributed by atoms with Gasteiger partial charge in [0, 0.05) is 37.9 Å². The molecule has 0 aliphatic carbocycles. The Morgan fingerprint density at radius 2 is 2.43 bits per heavy atom. The molecule has 114 valence electrons. The van der Waals surface area contributed by atoms with Crippen LogP contribution in [0.5, 0.6) is 0 Å². The van der Waals surface area contributed by atoms with E-state index in [1.54, 1.807) is 7.05 Å². The number of nitrogens with one attached hydrogen (secondary N) is 2. The van der Waals surface area contributed by atoms with Gasteiger partial charge in [0.15, 0.2) is 0 Å². The lowest BCUT2D eigenvalue weighted by molar-refractivity contribution is -0.121. The molecule has 1 atom stereocenters. The van der Waals surface area contributed by atoms with Crippen LogP contribution in [0.4, 0.5) is 0 Å². The number of rotatable bonds is 5. The fourth-order valence-corrected chi connectivity index (χ4v) is 3.06. The molecule has 0 saturated carbocycles. The minimum atomic E-state index is 0.130. The number of nitrogens with zero attached hydrogens (tertiary/aromatic N) is 2. The van der Waals surface area contributed by atoms with E-state index in [2.05, 4.69) is 21.3 Å². The minimum absolute atomic E-state index is 0.130. The third kappa shape index (κ3) is 4.33. The smallest absolute Gasteiger partial charge is 0.219 e. The van der Waals surface area contributed by atoms with Crippen LogP contribution in [0.25, 0.3) is 0 Å². The normalized spacial score (nSPS) is 19.2. The zero-order valence-electron chi connectivity index (χ0n) is 12.9. The Balaban J connectivity index is 1.86. The Kier molecular flexibility index (Phi) is 5.40. The Hall–Kier alpha value is -1.80. The topological polar surface area (TPSA) is 71.9 Å². The first kappa shape index (κ1) is 15.6. The Morgan fingerprint density at radius 3 is 3.10 bits per heavy atom. The zero-order chi connectivity index (χ0) is 15.2. The molecule has 0 bridgehead atoms. The van der Waals surface area contributed by atoms with Gasteiger partial charge in [-0.05, 0) is 44.7 Å². The van der Waals surface area contributed by atoms with Gasteiger partial charge in [-0.3, -0.25) is 9.69 Å². The molecule has 1 aliphatic heterocycles. The van der Waals surface area contributed by atoms with Gasteiger partial charge in [-0.2, -0.15) is 5.26 Å². The van der Waals surface area contributed by atoms with Gasteiger partial charge >= 0.3 is 0 Å². The van der Waals surface area contributed by atoms with E-state index in [0.29, 0.717) is 12.3 Å². The number of aromatic amines is 1. The summed E-state index contributed by atoms with van der Waals surface area (Å²) in [7, 11) is 1.69. The third-order valence-corrected chi connectivity index (χ3v) is 4.25. The van der Waals surface area contributed by atoms with Crippen LogP contribution in [-0.2, 0) is 11.3 Å². The standard InChI is InChI=1S/C16H24N4O/c1-12-14(9-17)8-15(19-12)11-20-7-3-4-13(10-20)5-6-16(21)18-2/h8,13,19H,3-7,10-11H2,1-2H3,(H,18,21)/t13-/m0/s1. The molecule has 0 radical (unpaired) electrons. The number of hydrogen-bond donors (Lipinski definition) is 2. The molecule has 1 aromatic heterocycles. The Bertz CT molecular complexity index is 529. The fourth-order valence-electron chi connectivity index (χ4n) is 3.06. The molecule has 2 N–H and O–H groups in total. The second-order valence-corrected chi connectivity index (χ2v) is 5.90. The number of aryl methyl sites for hydroxylation is 1. The third-order valence-electron chi connectivity index (χ3n) is 4.25. The summed E-state index contributed by atoms with van der Waals surface area (Å²) < 4.78 is 0.